The van der Waals surface area contributed by atoms with Gasteiger partial charge in [0.2, 0.25) is 0 Å². The second-order valence-electron chi connectivity index (χ2n) is 8.32. The standard InChI is InChI=1S/C27H29N3O2S/c1-31-24-12-11-20(17-25(24)32-2)19-28-30-15-13-29(14-16-30)23-18-21-7-3-5-9-26(21)33-27-10-6-4-8-22(23)27/h3-12,17,19,23H,13-16,18H2,1-2H3/t23-/m1/s1. The zero-order chi connectivity index (χ0) is 22.6. The molecule has 0 spiro atoms. The summed E-state index contributed by atoms with van der Waals surface area (Å²) in [6, 6.07) is 24.0. The monoisotopic (exact) mass is 459 g/mol. The van der Waals surface area contributed by atoms with Crippen LogP contribution in [0.3, 0.4) is 0 Å². The molecule has 1 fully saturated rings. The first-order valence-corrected chi connectivity index (χ1v) is 12.2. The van der Waals surface area contributed by atoms with Crippen LogP contribution in [0.4, 0.5) is 0 Å². The maximum absolute atomic E-state index is 5.41. The van der Waals surface area contributed by atoms with Crippen molar-refractivity contribution in [1.82, 2.24) is 9.91 Å². The van der Waals surface area contributed by atoms with E-state index in [0.717, 1.165) is 49.7 Å². The zero-order valence-electron chi connectivity index (χ0n) is 19.1. The Morgan fingerprint density at radius 2 is 1.58 bits per heavy atom. The van der Waals surface area contributed by atoms with Crippen LogP contribution in [0.1, 0.15) is 22.7 Å². The molecule has 0 unspecified atom stereocenters. The molecule has 1 saturated heterocycles. The third kappa shape index (κ3) is 4.72. The summed E-state index contributed by atoms with van der Waals surface area (Å²) < 4.78 is 10.7. The molecule has 0 amide bonds. The van der Waals surface area contributed by atoms with Gasteiger partial charge in [-0.05, 0) is 53.4 Å². The predicted octanol–water partition coefficient (Wildman–Crippen LogP) is 5.10. The van der Waals surface area contributed by atoms with Gasteiger partial charge in [-0.25, -0.2) is 0 Å². The van der Waals surface area contributed by atoms with Crippen LogP contribution in [0.15, 0.2) is 81.6 Å². The summed E-state index contributed by atoms with van der Waals surface area (Å²) in [5.74, 6) is 1.45. The molecule has 2 heterocycles. The lowest BCUT2D eigenvalue weighted by molar-refractivity contribution is 0.0970. The predicted molar refractivity (Wildman–Crippen MR) is 134 cm³/mol. The van der Waals surface area contributed by atoms with E-state index in [1.807, 2.05) is 36.2 Å². The normalized spacial score (nSPS) is 18.5. The van der Waals surface area contributed by atoms with Gasteiger partial charge >= 0.3 is 0 Å². The number of rotatable bonds is 5. The molecule has 6 heteroatoms. The van der Waals surface area contributed by atoms with Crippen molar-refractivity contribution in [2.75, 3.05) is 40.4 Å². The fraction of sp³-hybridized carbons (Fsp3) is 0.296. The smallest absolute Gasteiger partial charge is 0.161 e. The van der Waals surface area contributed by atoms with Gasteiger partial charge in [-0.1, -0.05) is 48.2 Å². The van der Waals surface area contributed by atoms with Gasteiger partial charge in [0.15, 0.2) is 11.5 Å². The highest BCUT2D eigenvalue weighted by Gasteiger charge is 2.29. The molecule has 33 heavy (non-hydrogen) atoms. The molecule has 0 bridgehead atoms. The molecule has 0 radical (unpaired) electrons. The minimum Gasteiger partial charge on any atom is -0.493 e. The summed E-state index contributed by atoms with van der Waals surface area (Å²) in [5.41, 5.74) is 3.89. The summed E-state index contributed by atoms with van der Waals surface area (Å²) in [5, 5.41) is 6.91. The number of benzene rings is 3. The highest BCUT2D eigenvalue weighted by atomic mass is 32.2. The first kappa shape index (κ1) is 21.9. The lowest BCUT2D eigenvalue weighted by Gasteiger charge is -2.38. The van der Waals surface area contributed by atoms with Gasteiger partial charge in [-0.2, -0.15) is 5.10 Å². The third-order valence-electron chi connectivity index (χ3n) is 6.39. The number of hydrazone groups is 1. The van der Waals surface area contributed by atoms with Crippen LogP contribution in [-0.4, -0.2) is 56.5 Å². The Kier molecular flexibility index (Phi) is 6.55. The van der Waals surface area contributed by atoms with E-state index in [9.17, 15) is 0 Å². The maximum Gasteiger partial charge on any atom is 0.161 e. The molecule has 1 atom stereocenters. The largest absolute Gasteiger partial charge is 0.493 e. The van der Waals surface area contributed by atoms with Gasteiger partial charge in [0.05, 0.1) is 20.4 Å². The molecule has 170 valence electrons. The lowest BCUT2D eigenvalue weighted by atomic mass is 9.97. The van der Waals surface area contributed by atoms with E-state index >= 15 is 0 Å². The quantitative estimate of drug-likeness (QED) is 0.496. The van der Waals surface area contributed by atoms with Gasteiger partial charge in [-0.15, -0.1) is 0 Å². The van der Waals surface area contributed by atoms with Crippen LogP contribution < -0.4 is 9.47 Å². The average Bonchev–Trinajstić information content (AvgIpc) is 3.04. The van der Waals surface area contributed by atoms with Crippen LogP contribution in [0.5, 0.6) is 11.5 Å². The fourth-order valence-electron chi connectivity index (χ4n) is 4.60. The van der Waals surface area contributed by atoms with Crippen molar-refractivity contribution < 1.29 is 9.47 Å². The molecule has 5 rings (SSSR count). The van der Waals surface area contributed by atoms with Crippen molar-refractivity contribution in [3.63, 3.8) is 0 Å². The number of hydrogen-bond acceptors (Lipinski definition) is 6. The lowest BCUT2D eigenvalue weighted by Crippen LogP contribution is -2.46. The first-order valence-electron chi connectivity index (χ1n) is 11.3. The number of methoxy groups -OCH3 is 2. The van der Waals surface area contributed by atoms with Gasteiger partial charge < -0.3 is 9.47 Å². The minimum atomic E-state index is 0.398. The molecule has 3 aromatic rings. The van der Waals surface area contributed by atoms with Crippen molar-refractivity contribution in [1.29, 1.82) is 0 Å². The summed E-state index contributed by atoms with van der Waals surface area (Å²) in [7, 11) is 3.30. The van der Waals surface area contributed by atoms with Crippen molar-refractivity contribution in [2.24, 2.45) is 5.10 Å². The SMILES string of the molecule is COc1ccc(C=NN2CCN([C@@H]3Cc4ccccc4Sc4ccccc43)CC2)cc1OC. The van der Waals surface area contributed by atoms with E-state index in [4.69, 9.17) is 14.6 Å². The van der Waals surface area contributed by atoms with Crippen LogP contribution in [0.2, 0.25) is 0 Å². The first-order chi connectivity index (χ1) is 16.2. The Morgan fingerprint density at radius 3 is 2.36 bits per heavy atom. The Labute approximate surface area is 200 Å². The van der Waals surface area contributed by atoms with Crippen LogP contribution in [0, 0.1) is 0 Å². The minimum absolute atomic E-state index is 0.398. The van der Waals surface area contributed by atoms with Crippen molar-refractivity contribution >= 4 is 18.0 Å². The topological polar surface area (TPSA) is 37.3 Å². The van der Waals surface area contributed by atoms with Crippen LogP contribution >= 0.6 is 11.8 Å². The molecule has 2 aliphatic heterocycles. The van der Waals surface area contributed by atoms with Gasteiger partial charge in [-0.3, -0.25) is 9.91 Å². The average molecular weight is 460 g/mol. The molecule has 3 aromatic carbocycles. The number of nitrogens with zero attached hydrogens (tertiary/aromatic N) is 3. The Balaban J connectivity index is 1.29. The summed E-state index contributed by atoms with van der Waals surface area (Å²) in [6.07, 6.45) is 2.96. The highest BCUT2D eigenvalue weighted by molar-refractivity contribution is 7.99. The molecule has 2 aliphatic rings. The van der Waals surface area contributed by atoms with Crippen molar-refractivity contribution in [3.8, 4) is 11.5 Å². The molecular weight excluding hydrogens is 430 g/mol. The zero-order valence-corrected chi connectivity index (χ0v) is 19.9. The van der Waals surface area contributed by atoms with Crippen LogP contribution in [0.25, 0.3) is 0 Å². The van der Waals surface area contributed by atoms with Gasteiger partial charge in [0, 0.05) is 42.0 Å². The van der Waals surface area contributed by atoms with Gasteiger partial charge in [0.25, 0.3) is 0 Å². The summed E-state index contributed by atoms with van der Waals surface area (Å²) in [4.78, 5) is 5.39. The van der Waals surface area contributed by atoms with E-state index in [-0.39, 0.29) is 0 Å². The highest BCUT2D eigenvalue weighted by Crippen LogP contribution is 2.42. The number of ether oxygens (including phenoxy) is 2. The van der Waals surface area contributed by atoms with Crippen molar-refractivity contribution in [3.05, 3.63) is 83.4 Å². The maximum atomic E-state index is 5.41. The molecule has 0 N–H and O–H groups in total. The Bertz CT molecular complexity index is 1140. The van der Waals surface area contributed by atoms with E-state index in [1.165, 1.54) is 20.9 Å². The molecular formula is C27H29N3O2S. The van der Waals surface area contributed by atoms with E-state index in [0.29, 0.717) is 6.04 Å². The van der Waals surface area contributed by atoms with E-state index in [2.05, 4.69) is 58.4 Å². The van der Waals surface area contributed by atoms with E-state index < -0.39 is 0 Å². The number of fused-ring (bicyclic) bond motifs is 2. The number of piperazine rings is 1. The fourth-order valence-corrected chi connectivity index (χ4v) is 5.74. The third-order valence-corrected chi connectivity index (χ3v) is 7.60. The molecule has 5 nitrogen and oxygen atoms in total. The second-order valence-corrected chi connectivity index (χ2v) is 9.40. The van der Waals surface area contributed by atoms with Crippen LogP contribution in [-0.2, 0) is 6.42 Å². The molecule has 0 aliphatic carbocycles. The second kappa shape index (κ2) is 9.89. The summed E-state index contributed by atoms with van der Waals surface area (Å²) in [6.45, 7) is 3.82. The summed E-state index contributed by atoms with van der Waals surface area (Å²) >= 11 is 1.90. The van der Waals surface area contributed by atoms with E-state index in [1.54, 1.807) is 14.2 Å². The van der Waals surface area contributed by atoms with Gasteiger partial charge in [0.1, 0.15) is 0 Å². The molecule has 0 aromatic heterocycles. The Morgan fingerprint density at radius 1 is 0.848 bits per heavy atom. The number of hydrogen-bond donors (Lipinski definition) is 0. The molecule has 0 saturated carbocycles. The Hall–Kier alpha value is -2.96. The van der Waals surface area contributed by atoms with Crippen molar-refractivity contribution in [2.45, 2.75) is 22.3 Å².